The van der Waals surface area contributed by atoms with Gasteiger partial charge < -0.3 is 10.2 Å². The molecule has 1 aliphatic heterocycles. The van der Waals surface area contributed by atoms with E-state index in [4.69, 9.17) is 0 Å². The minimum atomic E-state index is -0.246. The first-order chi connectivity index (χ1) is 8.16. The van der Waals surface area contributed by atoms with Crippen LogP contribution in [0.25, 0.3) is 5.65 Å². The van der Waals surface area contributed by atoms with E-state index < -0.39 is 0 Å². The molecule has 2 aromatic heterocycles. The number of hydrogen-bond donors (Lipinski definition) is 2. The molecule has 0 amide bonds. The Balaban J connectivity index is 2.08. The Morgan fingerprint density at radius 2 is 2.29 bits per heavy atom. The fraction of sp³-hybridized carbons (Fsp3) is 0.500. The number of aryl methyl sites for hydroxylation is 1. The van der Waals surface area contributed by atoms with Crippen LogP contribution in [-0.2, 0) is 0 Å². The lowest BCUT2D eigenvalue weighted by Crippen LogP contribution is -2.56. The van der Waals surface area contributed by atoms with E-state index in [0.717, 1.165) is 18.9 Å². The number of H-pyrrole nitrogens is 1. The Labute approximate surface area is 97.5 Å². The van der Waals surface area contributed by atoms with E-state index in [-0.39, 0.29) is 5.69 Å². The zero-order valence-corrected chi connectivity index (χ0v) is 9.77. The Bertz CT molecular complexity index is 611. The molecule has 0 saturated carbocycles. The van der Waals surface area contributed by atoms with E-state index in [1.54, 1.807) is 6.92 Å². The van der Waals surface area contributed by atoms with Crippen molar-refractivity contribution >= 4 is 11.5 Å². The Morgan fingerprint density at radius 1 is 1.53 bits per heavy atom. The molecule has 0 aromatic carbocycles. The standard InChI is InChI=1S/C10H14N6O/c1-6-12-8(15(2)7-4-11-5-7)3-9-13-14-10(17)16(6)9/h3,7,11H,4-5H2,1-2H3,(H,14,17). The molecule has 0 aliphatic carbocycles. The second-order valence-electron chi connectivity index (χ2n) is 4.31. The molecular weight excluding hydrogens is 220 g/mol. The van der Waals surface area contributed by atoms with Gasteiger partial charge in [-0.1, -0.05) is 0 Å². The molecule has 2 aromatic rings. The highest BCUT2D eigenvalue weighted by Gasteiger charge is 2.23. The largest absolute Gasteiger partial charge is 0.354 e. The zero-order chi connectivity index (χ0) is 12.0. The molecule has 1 saturated heterocycles. The second-order valence-corrected chi connectivity index (χ2v) is 4.31. The van der Waals surface area contributed by atoms with Crippen LogP contribution in [0.15, 0.2) is 10.9 Å². The number of nitrogens with zero attached hydrogens (tertiary/aromatic N) is 4. The lowest BCUT2D eigenvalue weighted by Gasteiger charge is -2.36. The topological polar surface area (TPSA) is 78.3 Å². The van der Waals surface area contributed by atoms with E-state index in [0.29, 0.717) is 17.5 Å². The first-order valence-electron chi connectivity index (χ1n) is 5.55. The van der Waals surface area contributed by atoms with Crippen LogP contribution >= 0.6 is 0 Å². The molecule has 17 heavy (non-hydrogen) atoms. The molecule has 0 bridgehead atoms. The summed E-state index contributed by atoms with van der Waals surface area (Å²) in [5.41, 5.74) is 0.362. The smallest absolute Gasteiger partial charge is 0.349 e. The van der Waals surface area contributed by atoms with Crippen LogP contribution in [0.4, 0.5) is 5.82 Å². The molecule has 1 aliphatic rings. The molecule has 1 fully saturated rings. The van der Waals surface area contributed by atoms with Gasteiger partial charge in [0.1, 0.15) is 11.6 Å². The van der Waals surface area contributed by atoms with Crippen LogP contribution in [0.3, 0.4) is 0 Å². The van der Waals surface area contributed by atoms with Crippen LogP contribution in [-0.4, -0.2) is 45.8 Å². The van der Waals surface area contributed by atoms with Gasteiger partial charge in [-0.05, 0) is 6.92 Å². The van der Waals surface area contributed by atoms with Crippen molar-refractivity contribution < 1.29 is 0 Å². The molecule has 0 radical (unpaired) electrons. The van der Waals surface area contributed by atoms with Gasteiger partial charge in [0.05, 0.1) is 6.04 Å². The first kappa shape index (κ1) is 10.3. The van der Waals surface area contributed by atoms with Crippen molar-refractivity contribution in [3.05, 3.63) is 22.4 Å². The Kier molecular flexibility index (Phi) is 2.15. The maximum absolute atomic E-state index is 11.5. The summed E-state index contributed by atoms with van der Waals surface area (Å²) >= 11 is 0. The third-order valence-corrected chi connectivity index (χ3v) is 3.23. The lowest BCUT2D eigenvalue weighted by atomic mass is 10.1. The molecule has 0 unspecified atom stereocenters. The average molecular weight is 234 g/mol. The molecule has 3 rings (SSSR count). The molecular formula is C10H14N6O. The molecule has 0 atom stereocenters. The highest BCUT2D eigenvalue weighted by molar-refractivity contribution is 5.51. The third-order valence-electron chi connectivity index (χ3n) is 3.23. The number of hydrogen-bond acceptors (Lipinski definition) is 5. The number of likely N-dealkylation sites (N-methyl/N-ethyl adjacent to an activating group) is 1. The first-order valence-corrected chi connectivity index (χ1v) is 5.55. The van der Waals surface area contributed by atoms with Gasteiger partial charge >= 0.3 is 5.69 Å². The predicted octanol–water partition coefficient (Wildman–Crippen LogP) is -0.866. The minimum Gasteiger partial charge on any atom is -0.354 e. The zero-order valence-electron chi connectivity index (χ0n) is 9.77. The van der Waals surface area contributed by atoms with Crippen molar-refractivity contribution in [3.63, 3.8) is 0 Å². The Morgan fingerprint density at radius 3 is 2.94 bits per heavy atom. The summed E-state index contributed by atoms with van der Waals surface area (Å²) in [4.78, 5) is 18.0. The fourth-order valence-electron chi connectivity index (χ4n) is 2.00. The van der Waals surface area contributed by atoms with E-state index in [1.165, 1.54) is 4.40 Å². The molecule has 0 spiro atoms. The quantitative estimate of drug-likeness (QED) is 0.706. The summed E-state index contributed by atoms with van der Waals surface area (Å²) in [6.07, 6.45) is 0. The van der Waals surface area contributed by atoms with E-state index in [1.807, 2.05) is 13.1 Å². The maximum Gasteiger partial charge on any atom is 0.349 e. The summed E-state index contributed by atoms with van der Waals surface area (Å²) < 4.78 is 1.47. The molecule has 90 valence electrons. The molecule has 7 heteroatoms. The summed E-state index contributed by atoms with van der Waals surface area (Å²) in [6, 6.07) is 2.29. The van der Waals surface area contributed by atoms with Gasteiger partial charge in [0.15, 0.2) is 5.65 Å². The van der Waals surface area contributed by atoms with Gasteiger partial charge in [-0.3, -0.25) is 0 Å². The maximum atomic E-state index is 11.5. The number of nitrogens with one attached hydrogen (secondary N) is 2. The van der Waals surface area contributed by atoms with Gasteiger partial charge in [0.25, 0.3) is 0 Å². The van der Waals surface area contributed by atoms with Crippen molar-refractivity contribution in [1.29, 1.82) is 0 Å². The van der Waals surface area contributed by atoms with Crippen LogP contribution in [0.1, 0.15) is 5.82 Å². The van der Waals surface area contributed by atoms with Gasteiger partial charge in [0.2, 0.25) is 0 Å². The number of fused-ring (bicyclic) bond motifs is 1. The van der Waals surface area contributed by atoms with Gasteiger partial charge in [-0.25, -0.2) is 19.3 Å². The lowest BCUT2D eigenvalue weighted by molar-refractivity contribution is 0.426. The van der Waals surface area contributed by atoms with E-state index in [9.17, 15) is 4.79 Å². The summed E-state index contributed by atoms with van der Waals surface area (Å²) in [7, 11) is 2.01. The number of rotatable bonds is 2. The second kappa shape index (κ2) is 3.56. The highest BCUT2D eigenvalue weighted by Crippen LogP contribution is 2.16. The van der Waals surface area contributed by atoms with Crippen molar-refractivity contribution in [1.82, 2.24) is 24.9 Å². The number of aromatic nitrogens is 4. The summed E-state index contributed by atoms with van der Waals surface area (Å²) in [5, 5.41) is 9.62. The Hall–Kier alpha value is -1.89. The van der Waals surface area contributed by atoms with Crippen LogP contribution < -0.4 is 15.9 Å². The van der Waals surface area contributed by atoms with E-state index in [2.05, 4.69) is 25.4 Å². The van der Waals surface area contributed by atoms with Crippen molar-refractivity contribution in [3.8, 4) is 0 Å². The van der Waals surface area contributed by atoms with E-state index >= 15 is 0 Å². The highest BCUT2D eigenvalue weighted by atomic mass is 16.1. The average Bonchev–Trinajstić information content (AvgIpc) is 2.58. The molecule has 2 N–H and O–H groups in total. The summed E-state index contributed by atoms with van der Waals surface area (Å²) in [5.74, 6) is 1.50. The fourth-order valence-corrected chi connectivity index (χ4v) is 2.00. The SMILES string of the molecule is Cc1nc(N(C)C2CNC2)cc2n[nH]c(=O)n12. The summed E-state index contributed by atoms with van der Waals surface area (Å²) in [6.45, 7) is 3.74. The van der Waals surface area contributed by atoms with Crippen molar-refractivity contribution in [2.75, 3.05) is 25.0 Å². The van der Waals surface area contributed by atoms with Gasteiger partial charge in [-0.2, -0.15) is 5.10 Å². The van der Waals surface area contributed by atoms with Gasteiger partial charge in [-0.15, -0.1) is 0 Å². The van der Waals surface area contributed by atoms with Gasteiger partial charge in [0, 0.05) is 26.2 Å². The van der Waals surface area contributed by atoms with Crippen molar-refractivity contribution in [2.24, 2.45) is 0 Å². The van der Waals surface area contributed by atoms with Crippen LogP contribution in [0.2, 0.25) is 0 Å². The molecule has 7 nitrogen and oxygen atoms in total. The van der Waals surface area contributed by atoms with Crippen LogP contribution in [0, 0.1) is 6.92 Å². The monoisotopic (exact) mass is 234 g/mol. The third kappa shape index (κ3) is 1.50. The van der Waals surface area contributed by atoms with Crippen LogP contribution in [0.5, 0.6) is 0 Å². The number of anilines is 1. The normalized spacial score (nSPS) is 16.1. The minimum absolute atomic E-state index is 0.246. The predicted molar refractivity (Wildman–Crippen MR) is 63.4 cm³/mol. The number of aromatic amines is 1. The van der Waals surface area contributed by atoms with Crippen molar-refractivity contribution in [2.45, 2.75) is 13.0 Å². The molecule has 3 heterocycles.